The van der Waals surface area contributed by atoms with Gasteiger partial charge in [-0.1, -0.05) is 43.3 Å². The molecule has 6 nitrogen and oxygen atoms in total. The van der Waals surface area contributed by atoms with Crippen molar-refractivity contribution in [2.45, 2.75) is 20.0 Å². The minimum absolute atomic E-state index is 0.0244. The zero-order valence-corrected chi connectivity index (χ0v) is 18.7. The molecule has 0 heterocycles. The average molecular weight is 443 g/mol. The lowest BCUT2D eigenvalue weighted by atomic mass is 10.1. The SMILES string of the molecule is CCCOc1ccc(/C=C(\C#N)C(=O)Nc2ccc(OCc3ccccc3)cc2)cc1OC. The van der Waals surface area contributed by atoms with Gasteiger partial charge in [0, 0.05) is 5.69 Å². The van der Waals surface area contributed by atoms with Gasteiger partial charge in [-0.2, -0.15) is 5.26 Å². The Morgan fingerprint density at radius 1 is 1.00 bits per heavy atom. The summed E-state index contributed by atoms with van der Waals surface area (Å²) in [6, 6.07) is 24.1. The highest BCUT2D eigenvalue weighted by Crippen LogP contribution is 2.29. The number of hydrogen-bond donors (Lipinski definition) is 1. The highest BCUT2D eigenvalue weighted by atomic mass is 16.5. The fourth-order valence-corrected chi connectivity index (χ4v) is 2.99. The molecule has 0 spiro atoms. The first-order chi connectivity index (χ1) is 16.1. The first kappa shape index (κ1) is 23.4. The van der Waals surface area contributed by atoms with Crippen LogP contribution in [0.15, 0.2) is 78.4 Å². The van der Waals surface area contributed by atoms with Crippen LogP contribution >= 0.6 is 0 Å². The number of nitriles is 1. The van der Waals surface area contributed by atoms with Gasteiger partial charge in [0.25, 0.3) is 5.91 Å². The highest BCUT2D eigenvalue weighted by molar-refractivity contribution is 6.09. The lowest BCUT2D eigenvalue weighted by molar-refractivity contribution is -0.112. The largest absolute Gasteiger partial charge is 0.493 e. The van der Waals surface area contributed by atoms with Crippen molar-refractivity contribution in [2.75, 3.05) is 19.0 Å². The summed E-state index contributed by atoms with van der Waals surface area (Å²) in [6.45, 7) is 3.06. The van der Waals surface area contributed by atoms with E-state index in [0.29, 0.717) is 41.7 Å². The maximum Gasteiger partial charge on any atom is 0.266 e. The number of hydrogen-bond acceptors (Lipinski definition) is 5. The van der Waals surface area contributed by atoms with E-state index in [0.717, 1.165) is 12.0 Å². The van der Waals surface area contributed by atoms with Gasteiger partial charge in [-0.05, 0) is 60.0 Å². The van der Waals surface area contributed by atoms with Crippen LogP contribution in [0.2, 0.25) is 0 Å². The molecule has 0 aliphatic heterocycles. The predicted octanol–water partition coefficient (Wildman–Crippen LogP) is 5.61. The van der Waals surface area contributed by atoms with Crippen molar-refractivity contribution in [1.29, 1.82) is 5.26 Å². The van der Waals surface area contributed by atoms with E-state index in [1.54, 1.807) is 49.6 Å². The standard InChI is InChI=1S/C27H26N2O4/c1-3-15-32-25-14-9-21(17-26(25)31-2)16-22(18-28)27(30)29-23-10-12-24(13-11-23)33-19-20-7-5-4-6-8-20/h4-14,16-17H,3,15,19H2,1-2H3,(H,29,30)/b22-16+. The third kappa shape index (κ3) is 6.88. The Kier molecular flexibility index (Phi) is 8.49. The number of ether oxygens (including phenoxy) is 3. The van der Waals surface area contributed by atoms with Gasteiger partial charge in [-0.3, -0.25) is 4.79 Å². The number of nitrogens with zero attached hydrogens (tertiary/aromatic N) is 1. The lowest BCUT2D eigenvalue weighted by Crippen LogP contribution is -2.13. The van der Waals surface area contributed by atoms with Crippen LogP contribution in [0.1, 0.15) is 24.5 Å². The van der Waals surface area contributed by atoms with Crippen molar-refractivity contribution in [3.05, 3.63) is 89.5 Å². The van der Waals surface area contributed by atoms with Crippen LogP contribution in [-0.4, -0.2) is 19.6 Å². The molecule has 3 aromatic rings. The molecular weight excluding hydrogens is 416 g/mol. The second-order valence-electron chi connectivity index (χ2n) is 7.18. The van der Waals surface area contributed by atoms with Crippen molar-refractivity contribution < 1.29 is 19.0 Å². The normalized spacial score (nSPS) is 10.8. The van der Waals surface area contributed by atoms with Crippen LogP contribution in [0, 0.1) is 11.3 Å². The van der Waals surface area contributed by atoms with Gasteiger partial charge < -0.3 is 19.5 Å². The first-order valence-electron chi connectivity index (χ1n) is 10.6. The van der Waals surface area contributed by atoms with Gasteiger partial charge in [0.05, 0.1) is 13.7 Å². The molecule has 1 amide bonds. The Bertz CT molecular complexity index is 1130. The summed E-state index contributed by atoms with van der Waals surface area (Å²) in [5, 5.41) is 12.2. The summed E-state index contributed by atoms with van der Waals surface area (Å²) >= 11 is 0. The Balaban J connectivity index is 1.64. The monoisotopic (exact) mass is 442 g/mol. The van der Waals surface area contributed by atoms with E-state index in [9.17, 15) is 10.1 Å². The number of nitrogens with one attached hydrogen (secondary N) is 1. The topological polar surface area (TPSA) is 80.6 Å². The number of rotatable bonds is 10. The zero-order valence-electron chi connectivity index (χ0n) is 18.7. The van der Waals surface area contributed by atoms with Crippen LogP contribution in [-0.2, 0) is 11.4 Å². The zero-order chi connectivity index (χ0) is 23.5. The van der Waals surface area contributed by atoms with Gasteiger partial charge in [-0.15, -0.1) is 0 Å². The molecule has 3 rings (SSSR count). The summed E-state index contributed by atoms with van der Waals surface area (Å²) in [5.74, 6) is 1.35. The predicted molar refractivity (Wildman–Crippen MR) is 128 cm³/mol. The minimum Gasteiger partial charge on any atom is -0.493 e. The average Bonchev–Trinajstić information content (AvgIpc) is 2.86. The van der Waals surface area contributed by atoms with Crippen molar-refractivity contribution in [1.82, 2.24) is 0 Å². The molecule has 0 saturated heterocycles. The number of benzene rings is 3. The van der Waals surface area contributed by atoms with E-state index in [4.69, 9.17) is 14.2 Å². The molecule has 0 saturated carbocycles. The summed E-state index contributed by atoms with van der Waals surface area (Å²) in [4.78, 5) is 12.6. The van der Waals surface area contributed by atoms with Gasteiger partial charge in [-0.25, -0.2) is 0 Å². The lowest BCUT2D eigenvalue weighted by Gasteiger charge is -2.11. The van der Waals surface area contributed by atoms with Gasteiger partial charge in [0.15, 0.2) is 11.5 Å². The molecule has 3 aromatic carbocycles. The molecule has 6 heteroatoms. The van der Waals surface area contributed by atoms with E-state index in [1.165, 1.54) is 6.08 Å². The molecule has 0 atom stereocenters. The smallest absolute Gasteiger partial charge is 0.266 e. The van der Waals surface area contributed by atoms with Gasteiger partial charge >= 0.3 is 0 Å². The van der Waals surface area contributed by atoms with Crippen molar-refractivity contribution in [2.24, 2.45) is 0 Å². The molecule has 0 aromatic heterocycles. The molecule has 0 fully saturated rings. The third-order valence-electron chi connectivity index (χ3n) is 4.69. The molecule has 168 valence electrons. The van der Waals surface area contributed by atoms with Crippen molar-refractivity contribution in [3.8, 4) is 23.3 Å². The van der Waals surface area contributed by atoms with Crippen LogP contribution in [0.4, 0.5) is 5.69 Å². The summed E-state index contributed by atoms with van der Waals surface area (Å²) in [7, 11) is 1.55. The Morgan fingerprint density at radius 3 is 2.42 bits per heavy atom. The van der Waals surface area contributed by atoms with E-state index >= 15 is 0 Å². The van der Waals surface area contributed by atoms with E-state index in [2.05, 4.69) is 5.32 Å². The summed E-state index contributed by atoms with van der Waals surface area (Å²) in [6.07, 6.45) is 2.39. The number of amides is 1. The van der Waals surface area contributed by atoms with E-state index < -0.39 is 5.91 Å². The van der Waals surface area contributed by atoms with E-state index in [-0.39, 0.29) is 5.57 Å². The molecule has 0 aliphatic carbocycles. The third-order valence-corrected chi connectivity index (χ3v) is 4.69. The minimum atomic E-state index is -0.499. The number of anilines is 1. The van der Waals surface area contributed by atoms with Crippen LogP contribution in [0.5, 0.6) is 17.2 Å². The summed E-state index contributed by atoms with van der Waals surface area (Å²) < 4.78 is 16.8. The molecule has 1 N–H and O–H groups in total. The summed E-state index contributed by atoms with van der Waals surface area (Å²) in [5.41, 5.74) is 2.27. The fraction of sp³-hybridized carbons (Fsp3) is 0.185. The van der Waals surface area contributed by atoms with Crippen molar-refractivity contribution >= 4 is 17.7 Å². The highest BCUT2D eigenvalue weighted by Gasteiger charge is 2.11. The van der Waals surface area contributed by atoms with E-state index in [1.807, 2.05) is 43.3 Å². The van der Waals surface area contributed by atoms with Crippen LogP contribution in [0.25, 0.3) is 6.08 Å². The second-order valence-corrected chi connectivity index (χ2v) is 7.18. The maximum absolute atomic E-state index is 12.6. The maximum atomic E-state index is 12.6. The quantitative estimate of drug-likeness (QED) is 0.326. The molecule has 0 unspecified atom stereocenters. The number of carbonyl (C=O) groups excluding carboxylic acids is 1. The Morgan fingerprint density at radius 2 is 1.76 bits per heavy atom. The van der Waals surface area contributed by atoms with Gasteiger partial charge in [0.1, 0.15) is 24.0 Å². The van der Waals surface area contributed by atoms with Crippen LogP contribution in [0.3, 0.4) is 0 Å². The molecule has 0 radical (unpaired) electrons. The molecule has 0 aliphatic rings. The second kappa shape index (κ2) is 12.0. The Labute approximate surface area is 194 Å². The van der Waals surface area contributed by atoms with Gasteiger partial charge in [0.2, 0.25) is 0 Å². The van der Waals surface area contributed by atoms with Crippen molar-refractivity contribution in [3.63, 3.8) is 0 Å². The molecule has 0 bridgehead atoms. The molecule has 33 heavy (non-hydrogen) atoms. The number of methoxy groups -OCH3 is 1. The Hall–Kier alpha value is -4.24. The first-order valence-corrected chi connectivity index (χ1v) is 10.6. The number of carbonyl (C=O) groups is 1. The van der Waals surface area contributed by atoms with Crippen LogP contribution < -0.4 is 19.5 Å². The molecular formula is C27H26N2O4. The fourth-order valence-electron chi connectivity index (χ4n) is 2.99.